The molecule has 2 heterocycles. The van der Waals surface area contributed by atoms with E-state index in [9.17, 15) is 4.21 Å². The number of fused-ring (bicyclic) bond motifs is 1. The summed E-state index contributed by atoms with van der Waals surface area (Å²) in [7, 11) is 5.16. The Kier molecular flexibility index (Phi) is 7.44. The molecule has 0 N–H and O–H groups in total. The zero-order chi connectivity index (χ0) is 24.1. The topological polar surface area (TPSA) is 78.7 Å². The Morgan fingerprint density at radius 1 is 0.971 bits per heavy atom. The van der Waals surface area contributed by atoms with Crippen LogP contribution in [0.2, 0.25) is 0 Å². The van der Waals surface area contributed by atoms with Gasteiger partial charge in [0.05, 0.1) is 32.5 Å². The summed E-state index contributed by atoms with van der Waals surface area (Å²) >= 11 is -1.29. The molecule has 0 aliphatic rings. The lowest BCUT2D eigenvalue weighted by Crippen LogP contribution is -2.20. The Bertz CT molecular complexity index is 1290. The number of nitrogens with zero attached hydrogens (tertiary/aromatic N) is 4. The summed E-state index contributed by atoms with van der Waals surface area (Å²) in [4.78, 5) is 6.81. The molecule has 4 aromatic rings. The monoisotopic (exact) mass is 480 g/mol. The highest BCUT2D eigenvalue weighted by Gasteiger charge is 2.14. The van der Waals surface area contributed by atoms with Gasteiger partial charge >= 0.3 is 0 Å². The van der Waals surface area contributed by atoms with Gasteiger partial charge in [-0.2, -0.15) is 5.10 Å². The van der Waals surface area contributed by atoms with Crippen molar-refractivity contribution in [3.8, 4) is 22.6 Å². The summed E-state index contributed by atoms with van der Waals surface area (Å²) in [6, 6.07) is 14.1. The van der Waals surface area contributed by atoms with Crippen LogP contribution in [0.1, 0.15) is 6.42 Å². The summed E-state index contributed by atoms with van der Waals surface area (Å²) in [6.07, 6.45) is 7.89. The molecule has 0 saturated heterocycles. The lowest BCUT2D eigenvalue weighted by Gasteiger charge is -2.26. The predicted octanol–water partition coefficient (Wildman–Crippen LogP) is 4.49. The van der Waals surface area contributed by atoms with Gasteiger partial charge in [-0.3, -0.25) is 13.8 Å². The quantitative estimate of drug-likeness (QED) is 0.310. The zero-order valence-corrected chi connectivity index (χ0v) is 20.5. The average Bonchev–Trinajstić information content (AvgIpc) is 3.29. The molecule has 1 atom stereocenters. The SMILES string of the molecule is COc1cc(OC)cc(N(CCCOS(C)=O)c2ccc3ncc(-c4cnn(C)c4)cc3c2)c1. The normalized spacial score (nSPS) is 12.0. The van der Waals surface area contributed by atoms with Crippen molar-refractivity contribution in [3.05, 3.63) is 61.1 Å². The molecule has 2 aromatic heterocycles. The molecular formula is C25H28N4O4S. The highest BCUT2D eigenvalue weighted by atomic mass is 32.2. The van der Waals surface area contributed by atoms with Gasteiger partial charge in [-0.25, -0.2) is 4.21 Å². The maximum absolute atomic E-state index is 11.3. The van der Waals surface area contributed by atoms with E-state index in [1.54, 1.807) is 18.9 Å². The maximum Gasteiger partial charge on any atom is 0.152 e. The number of rotatable bonds is 10. The van der Waals surface area contributed by atoms with Crippen LogP contribution in [0, 0.1) is 0 Å². The molecule has 2 aromatic carbocycles. The number of aromatic nitrogens is 3. The molecular weight excluding hydrogens is 452 g/mol. The van der Waals surface area contributed by atoms with Gasteiger partial charge in [0.2, 0.25) is 0 Å². The van der Waals surface area contributed by atoms with Crippen molar-refractivity contribution < 1.29 is 17.9 Å². The van der Waals surface area contributed by atoms with Gasteiger partial charge in [0.15, 0.2) is 11.1 Å². The van der Waals surface area contributed by atoms with Gasteiger partial charge in [-0.05, 0) is 30.7 Å². The molecule has 0 amide bonds. The minimum absolute atomic E-state index is 0.390. The molecule has 8 nitrogen and oxygen atoms in total. The first-order valence-corrected chi connectivity index (χ1v) is 12.3. The van der Waals surface area contributed by atoms with Crippen LogP contribution in [-0.4, -0.2) is 52.6 Å². The van der Waals surface area contributed by atoms with E-state index in [4.69, 9.17) is 13.7 Å². The first-order chi connectivity index (χ1) is 16.5. The second-order valence-corrected chi connectivity index (χ2v) is 8.84. The molecule has 4 rings (SSSR count). The Morgan fingerprint density at radius 2 is 1.74 bits per heavy atom. The maximum atomic E-state index is 11.3. The molecule has 0 aliphatic heterocycles. The van der Waals surface area contributed by atoms with Crippen molar-refractivity contribution in [3.63, 3.8) is 0 Å². The molecule has 0 bridgehead atoms. The van der Waals surface area contributed by atoms with Crippen LogP contribution >= 0.6 is 0 Å². The summed E-state index contributed by atoms with van der Waals surface area (Å²) in [6.45, 7) is 1.04. The van der Waals surface area contributed by atoms with Crippen LogP contribution in [0.5, 0.6) is 11.5 Å². The standard InChI is InChI=1S/C25H28N4O4S/c1-28-17-20(16-27-28)19-10-18-11-21(6-7-25(18)26-15-19)29(8-5-9-33-34(4)30)22-12-23(31-2)14-24(13-22)32-3/h6-7,10-17H,5,8-9H2,1-4H3. The minimum Gasteiger partial charge on any atom is -0.497 e. The van der Waals surface area contributed by atoms with Gasteiger partial charge in [0, 0.05) is 78.3 Å². The second-order valence-electron chi connectivity index (χ2n) is 7.80. The molecule has 0 saturated carbocycles. The van der Waals surface area contributed by atoms with Crippen molar-refractivity contribution in [1.82, 2.24) is 14.8 Å². The number of ether oxygens (including phenoxy) is 2. The van der Waals surface area contributed by atoms with Crippen LogP contribution in [0.4, 0.5) is 11.4 Å². The van der Waals surface area contributed by atoms with Crippen molar-refractivity contribution in [2.24, 2.45) is 7.05 Å². The molecule has 0 fully saturated rings. The van der Waals surface area contributed by atoms with Crippen LogP contribution in [0.15, 0.2) is 61.1 Å². The number of aryl methyl sites for hydroxylation is 1. The van der Waals surface area contributed by atoms with Crippen molar-refractivity contribution >= 4 is 33.4 Å². The van der Waals surface area contributed by atoms with Crippen LogP contribution in [0.25, 0.3) is 22.0 Å². The van der Waals surface area contributed by atoms with Crippen LogP contribution in [-0.2, 0) is 22.3 Å². The van der Waals surface area contributed by atoms with E-state index in [2.05, 4.69) is 27.1 Å². The van der Waals surface area contributed by atoms with E-state index >= 15 is 0 Å². The number of methoxy groups -OCH3 is 2. The molecule has 1 unspecified atom stereocenters. The predicted molar refractivity (Wildman–Crippen MR) is 135 cm³/mol. The Labute approximate surface area is 201 Å². The smallest absolute Gasteiger partial charge is 0.152 e. The third-order valence-corrected chi connectivity index (χ3v) is 5.94. The van der Waals surface area contributed by atoms with Crippen LogP contribution in [0.3, 0.4) is 0 Å². The molecule has 0 aliphatic carbocycles. The average molecular weight is 481 g/mol. The first-order valence-electron chi connectivity index (χ1n) is 10.8. The van der Waals surface area contributed by atoms with Crippen molar-refractivity contribution in [2.45, 2.75) is 6.42 Å². The number of hydrogen-bond donors (Lipinski definition) is 0. The van der Waals surface area contributed by atoms with Crippen molar-refractivity contribution in [1.29, 1.82) is 0 Å². The number of benzene rings is 2. The zero-order valence-electron chi connectivity index (χ0n) is 19.7. The van der Waals surface area contributed by atoms with Crippen LogP contribution < -0.4 is 14.4 Å². The third-order valence-electron chi connectivity index (χ3n) is 5.44. The Hall–Kier alpha value is -3.43. The van der Waals surface area contributed by atoms with E-state index in [1.165, 1.54) is 6.26 Å². The Balaban J connectivity index is 1.73. The van der Waals surface area contributed by atoms with E-state index in [-0.39, 0.29) is 0 Å². The van der Waals surface area contributed by atoms with Gasteiger partial charge in [-0.1, -0.05) is 0 Å². The lowest BCUT2D eigenvalue weighted by molar-refractivity contribution is 0.345. The number of anilines is 2. The van der Waals surface area contributed by atoms with E-state index in [0.717, 1.165) is 33.4 Å². The second kappa shape index (κ2) is 10.7. The fraction of sp³-hybridized carbons (Fsp3) is 0.280. The molecule has 9 heteroatoms. The molecule has 34 heavy (non-hydrogen) atoms. The lowest BCUT2D eigenvalue weighted by atomic mass is 10.1. The first kappa shape index (κ1) is 23.7. The highest BCUT2D eigenvalue weighted by Crippen LogP contribution is 2.34. The van der Waals surface area contributed by atoms with Gasteiger partial charge in [0.1, 0.15) is 11.5 Å². The summed E-state index contributed by atoms with van der Waals surface area (Å²) < 4.78 is 29.3. The fourth-order valence-corrected chi connectivity index (χ4v) is 4.12. The molecule has 178 valence electrons. The van der Waals surface area contributed by atoms with Gasteiger partial charge < -0.3 is 14.4 Å². The number of hydrogen-bond acceptors (Lipinski definition) is 7. The van der Waals surface area contributed by atoms with E-state index in [0.29, 0.717) is 31.1 Å². The Morgan fingerprint density at radius 3 is 2.38 bits per heavy atom. The minimum atomic E-state index is -1.29. The summed E-state index contributed by atoms with van der Waals surface area (Å²) in [5.74, 6) is 1.40. The van der Waals surface area contributed by atoms with E-state index in [1.807, 2.05) is 56.0 Å². The summed E-state index contributed by atoms with van der Waals surface area (Å²) in [5.41, 5.74) is 4.84. The van der Waals surface area contributed by atoms with Gasteiger partial charge in [-0.15, -0.1) is 0 Å². The largest absolute Gasteiger partial charge is 0.497 e. The van der Waals surface area contributed by atoms with Crippen molar-refractivity contribution in [2.75, 3.05) is 38.5 Å². The molecule has 0 radical (unpaired) electrons. The third kappa shape index (κ3) is 5.55. The fourth-order valence-electron chi connectivity index (χ4n) is 3.77. The number of pyridine rings is 1. The van der Waals surface area contributed by atoms with E-state index < -0.39 is 11.1 Å². The summed E-state index contributed by atoms with van der Waals surface area (Å²) in [5, 5.41) is 5.29. The molecule has 0 spiro atoms. The highest BCUT2D eigenvalue weighted by molar-refractivity contribution is 7.79. The van der Waals surface area contributed by atoms with Gasteiger partial charge in [0.25, 0.3) is 0 Å².